The van der Waals surface area contributed by atoms with Gasteiger partial charge in [-0.1, -0.05) is 0 Å². The van der Waals surface area contributed by atoms with Gasteiger partial charge in [-0.2, -0.15) is 5.10 Å². The highest BCUT2D eigenvalue weighted by atomic mass is 16.6. The van der Waals surface area contributed by atoms with Crippen LogP contribution in [0.25, 0.3) is 11.3 Å². The van der Waals surface area contributed by atoms with Crippen LogP contribution in [0.4, 0.5) is 10.5 Å². The number of anilines is 1. The molecule has 0 saturated carbocycles. The Bertz CT molecular complexity index is 1060. The summed E-state index contributed by atoms with van der Waals surface area (Å²) in [7, 11) is 3.20. The van der Waals surface area contributed by atoms with Gasteiger partial charge >= 0.3 is 6.09 Å². The zero-order valence-corrected chi connectivity index (χ0v) is 18.7. The summed E-state index contributed by atoms with van der Waals surface area (Å²) in [5.41, 5.74) is 2.42. The van der Waals surface area contributed by atoms with Crippen molar-refractivity contribution in [1.82, 2.24) is 9.78 Å². The summed E-state index contributed by atoms with van der Waals surface area (Å²) in [6, 6.07) is 14.7. The van der Waals surface area contributed by atoms with E-state index in [1.807, 2.05) is 24.3 Å². The lowest BCUT2D eigenvalue weighted by Gasteiger charge is -2.16. The number of hydrogen-bond acceptors (Lipinski definition) is 7. The molecule has 3 aromatic rings. The first kappa shape index (κ1) is 22.5. The second kappa shape index (κ2) is 10.7. The second-order valence-electron chi connectivity index (χ2n) is 7.40. The highest BCUT2D eigenvalue weighted by molar-refractivity contribution is 5.84. The number of hydrogen-bond donors (Lipinski definition) is 1. The number of carbonyl (C=O) groups excluding carboxylic acids is 1. The molecular formula is C24H27N3O6. The van der Waals surface area contributed by atoms with E-state index >= 15 is 0 Å². The van der Waals surface area contributed by atoms with Gasteiger partial charge in [-0.15, -0.1) is 0 Å². The minimum Gasteiger partial charge on any atom is -0.497 e. The molecule has 0 spiro atoms. The van der Waals surface area contributed by atoms with E-state index < -0.39 is 6.09 Å². The molecule has 1 atom stereocenters. The molecule has 174 valence electrons. The lowest BCUT2D eigenvalue weighted by atomic mass is 10.1. The lowest BCUT2D eigenvalue weighted by Crippen LogP contribution is -2.18. The fourth-order valence-corrected chi connectivity index (χ4v) is 3.52. The summed E-state index contributed by atoms with van der Waals surface area (Å²) in [5.74, 6) is 2.03. The SMILES string of the molecule is COc1ccc(NC(=O)OCCn2nccc2-c2ccc(OC)c(OC3CCOC3)c2)cc1. The average Bonchev–Trinajstić information content (AvgIpc) is 3.52. The topological polar surface area (TPSA) is 93.1 Å². The predicted molar refractivity (Wildman–Crippen MR) is 122 cm³/mol. The standard InChI is InChI=1S/C24H27N3O6/c1-29-19-6-4-18(5-7-19)26-24(28)32-14-12-27-21(9-11-25-27)17-3-8-22(30-2)23(15-17)33-20-10-13-31-16-20/h3-9,11,15,20H,10,12-14,16H2,1-2H3,(H,26,28). The molecule has 9 heteroatoms. The molecule has 1 aliphatic rings. The van der Waals surface area contributed by atoms with E-state index in [4.69, 9.17) is 23.7 Å². The van der Waals surface area contributed by atoms with Crippen LogP contribution in [0.3, 0.4) is 0 Å². The van der Waals surface area contributed by atoms with Crippen molar-refractivity contribution in [3.8, 4) is 28.5 Å². The number of nitrogens with zero attached hydrogens (tertiary/aromatic N) is 2. The molecule has 1 aliphatic heterocycles. The normalized spacial score (nSPS) is 15.2. The van der Waals surface area contributed by atoms with Crippen LogP contribution in [0.15, 0.2) is 54.7 Å². The Hall–Kier alpha value is -3.72. The predicted octanol–water partition coefficient (Wildman–Crippen LogP) is 3.98. The van der Waals surface area contributed by atoms with Crippen LogP contribution in [0.2, 0.25) is 0 Å². The van der Waals surface area contributed by atoms with E-state index in [1.54, 1.807) is 49.4 Å². The van der Waals surface area contributed by atoms with Crippen molar-refractivity contribution in [2.24, 2.45) is 0 Å². The fraction of sp³-hybridized carbons (Fsp3) is 0.333. The fourth-order valence-electron chi connectivity index (χ4n) is 3.52. The summed E-state index contributed by atoms with van der Waals surface area (Å²) in [6.45, 7) is 1.83. The molecule has 0 bridgehead atoms. The highest BCUT2D eigenvalue weighted by Crippen LogP contribution is 2.34. The Morgan fingerprint density at radius 1 is 1.12 bits per heavy atom. The number of benzene rings is 2. The first-order valence-corrected chi connectivity index (χ1v) is 10.7. The van der Waals surface area contributed by atoms with E-state index in [-0.39, 0.29) is 12.7 Å². The summed E-state index contributed by atoms with van der Waals surface area (Å²) < 4.78 is 29.2. The quantitative estimate of drug-likeness (QED) is 0.524. The first-order valence-electron chi connectivity index (χ1n) is 10.7. The van der Waals surface area contributed by atoms with Gasteiger partial charge in [0.05, 0.1) is 39.7 Å². The van der Waals surface area contributed by atoms with E-state index in [0.717, 1.165) is 17.7 Å². The van der Waals surface area contributed by atoms with Gasteiger partial charge in [0.15, 0.2) is 11.5 Å². The molecule has 1 fully saturated rings. The van der Waals surface area contributed by atoms with Crippen LogP contribution in [-0.4, -0.2) is 56.0 Å². The summed E-state index contributed by atoms with van der Waals surface area (Å²) in [5, 5.41) is 7.05. The van der Waals surface area contributed by atoms with Crippen LogP contribution in [0.5, 0.6) is 17.2 Å². The molecule has 1 aromatic heterocycles. The first-order chi connectivity index (χ1) is 16.2. The third-order valence-corrected chi connectivity index (χ3v) is 5.23. The van der Waals surface area contributed by atoms with Gasteiger partial charge in [0.25, 0.3) is 0 Å². The molecule has 4 rings (SSSR count). The monoisotopic (exact) mass is 453 g/mol. The van der Waals surface area contributed by atoms with Crippen molar-refractivity contribution in [3.05, 3.63) is 54.7 Å². The lowest BCUT2D eigenvalue weighted by molar-refractivity contribution is 0.138. The van der Waals surface area contributed by atoms with Crippen LogP contribution in [0, 0.1) is 0 Å². The van der Waals surface area contributed by atoms with E-state index in [1.165, 1.54) is 0 Å². The second-order valence-corrected chi connectivity index (χ2v) is 7.40. The van der Waals surface area contributed by atoms with Crippen molar-refractivity contribution in [3.63, 3.8) is 0 Å². The summed E-state index contributed by atoms with van der Waals surface area (Å²) >= 11 is 0. The van der Waals surface area contributed by atoms with Crippen molar-refractivity contribution < 1.29 is 28.5 Å². The van der Waals surface area contributed by atoms with Crippen molar-refractivity contribution in [1.29, 1.82) is 0 Å². The molecule has 1 amide bonds. The minimum atomic E-state index is -0.534. The molecule has 0 radical (unpaired) electrons. The molecule has 9 nitrogen and oxygen atoms in total. The number of ether oxygens (including phenoxy) is 5. The van der Waals surface area contributed by atoms with E-state index in [2.05, 4.69) is 10.4 Å². The number of rotatable bonds is 9. The third kappa shape index (κ3) is 5.75. The zero-order chi connectivity index (χ0) is 23.0. The third-order valence-electron chi connectivity index (χ3n) is 5.23. The largest absolute Gasteiger partial charge is 0.497 e. The van der Waals surface area contributed by atoms with Crippen LogP contribution >= 0.6 is 0 Å². The summed E-state index contributed by atoms with van der Waals surface area (Å²) in [6.07, 6.45) is 2.04. The number of nitrogens with one attached hydrogen (secondary N) is 1. The smallest absolute Gasteiger partial charge is 0.411 e. The number of methoxy groups -OCH3 is 2. The average molecular weight is 453 g/mol. The maximum Gasteiger partial charge on any atom is 0.411 e. The van der Waals surface area contributed by atoms with Gasteiger partial charge in [-0.3, -0.25) is 10.00 Å². The Labute approximate surface area is 192 Å². The van der Waals surface area contributed by atoms with Gasteiger partial charge in [0.2, 0.25) is 0 Å². The zero-order valence-electron chi connectivity index (χ0n) is 18.7. The molecular weight excluding hydrogens is 426 g/mol. The minimum absolute atomic E-state index is 0.0108. The van der Waals surface area contributed by atoms with Crippen molar-refractivity contribution in [2.75, 3.05) is 39.4 Å². The van der Waals surface area contributed by atoms with Crippen LogP contribution in [0.1, 0.15) is 6.42 Å². The van der Waals surface area contributed by atoms with Crippen molar-refractivity contribution >= 4 is 11.8 Å². The molecule has 1 unspecified atom stereocenters. The Morgan fingerprint density at radius 2 is 1.97 bits per heavy atom. The molecule has 2 heterocycles. The van der Waals surface area contributed by atoms with Crippen molar-refractivity contribution in [2.45, 2.75) is 19.1 Å². The molecule has 0 aliphatic carbocycles. The summed E-state index contributed by atoms with van der Waals surface area (Å²) in [4.78, 5) is 12.1. The van der Waals surface area contributed by atoms with Gasteiger partial charge in [-0.25, -0.2) is 4.79 Å². The molecule has 33 heavy (non-hydrogen) atoms. The van der Waals surface area contributed by atoms with Gasteiger partial charge in [-0.05, 0) is 48.5 Å². The number of aromatic nitrogens is 2. The molecule has 1 saturated heterocycles. The number of carbonyl (C=O) groups is 1. The number of amides is 1. The van der Waals surface area contributed by atoms with E-state index in [0.29, 0.717) is 42.7 Å². The van der Waals surface area contributed by atoms with Gasteiger partial charge in [0.1, 0.15) is 18.5 Å². The van der Waals surface area contributed by atoms with Gasteiger partial charge < -0.3 is 23.7 Å². The Kier molecular flexibility index (Phi) is 7.31. The highest BCUT2D eigenvalue weighted by Gasteiger charge is 2.20. The maximum atomic E-state index is 12.1. The molecule has 2 aromatic carbocycles. The van der Waals surface area contributed by atoms with Crippen LogP contribution < -0.4 is 19.5 Å². The van der Waals surface area contributed by atoms with Gasteiger partial charge in [0, 0.05) is 23.9 Å². The Balaban J connectivity index is 1.36. The Morgan fingerprint density at radius 3 is 2.70 bits per heavy atom. The molecule has 1 N–H and O–H groups in total. The van der Waals surface area contributed by atoms with E-state index in [9.17, 15) is 4.79 Å². The maximum absolute atomic E-state index is 12.1. The van der Waals surface area contributed by atoms with Crippen LogP contribution in [-0.2, 0) is 16.0 Å².